The van der Waals surface area contributed by atoms with Gasteiger partial charge in [-0.15, -0.1) is 0 Å². The van der Waals surface area contributed by atoms with Crippen molar-refractivity contribution in [2.45, 2.75) is 6.54 Å². The highest BCUT2D eigenvalue weighted by Crippen LogP contribution is 2.29. The third-order valence-corrected chi connectivity index (χ3v) is 4.01. The van der Waals surface area contributed by atoms with Crippen molar-refractivity contribution in [3.05, 3.63) is 58.4 Å². The molecule has 6 nitrogen and oxygen atoms in total. The first-order chi connectivity index (χ1) is 12.1. The monoisotopic (exact) mass is 340 g/mol. The van der Waals surface area contributed by atoms with Crippen LogP contribution in [0.4, 0.5) is 5.69 Å². The second-order valence-corrected chi connectivity index (χ2v) is 5.50. The molecule has 3 aromatic rings. The first kappa shape index (κ1) is 16.7. The first-order valence-electron chi connectivity index (χ1n) is 7.80. The van der Waals surface area contributed by atoms with E-state index in [1.54, 1.807) is 27.4 Å². The summed E-state index contributed by atoms with van der Waals surface area (Å²) in [6, 6.07) is 12.9. The molecule has 1 heterocycles. The van der Waals surface area contributed by atoms with Crippen molar-refractivity contribution in [2.75, 3.05) is 26.6 Å². The van der Waals surface area contributed by atoms with Crippen LogP contribution in [0.2, 0.25) is 0 Å². The summed E-state index contributed by atoms with van der Waals surface area (Å²) in [5.74, 6) is 2.10. The fourth-order valence-electron chi connectivity index (χ4n) is 2.62. The van der Waals surface area contributed by atoms with Gasteiger partial charge < -0.3 is 24.5 Å². The summed E-state index contributed by atoms with van der Waals surface area (Å²) in [7, 11) is 4.81. The van der Waals surface area contributed by atoms with Crippen molar-refractivity contribution in [1.82, 2.24) is 4.98 Å². The zero-order chi connectivity index (χ0) is 17.8. The van der Waals surface area contributed by atoms with Gasteiger partial charge in [-0.25, -0.2) is 0 Å². The van der Waals surface area contributed by atoms with Crippen LogP contribution in [0, 0.1) is 0 Å². The van der Waals surface area contributed by atoms with Gasteiger partial charge in [0.2, 0.25) is 0 Å². The highest BCUT2D eigenvalue weighted by molar-refractivity contribution is 5.80. The third-order valence-electron chi connectivity index (χ3n) is 4.01. The molecule has 0 aliphatic heterocycles. The Morgan fingerprint density at radius 1 is 0.920 bits per heavy atom. The van der Waals surface area contributed by atoms with Gasteiger partial charge in [0.05, 0.1) is 27.0 Å². The van der Waals surface area contributed by atoms with Gasteiger partial charge in [-0.2, -0.15) is 0 Å². The van der Waals surface area contributed by atoms with Gasteiger partial charge in [0.1, 0.15) is 17.2 Å². The van der Waals surface area contributed by atoms with Crippen molar-refractivity contribution >= 4 is 16.6 Å². The lowest BCUT2D eigenvalue weighted by Crippen LogP contribution is -2.15. The van der Waals surface area contributed by atoms with Crippen molar-refractivity contribution in [2.24, 2.45) is 0 Å². The Hall–Kier alpha value is -3.15. The maximum atomic E-state index is 12.3. The number of methoxy groups -OCH3 is 3. The predicted octanol–water partition coefficient (Wildman–Crippen LogP) is 3.17. The Kier molecular flexibility index (Phi) is 4.79. The van der Waals surface area contributed by atoms with E-state index in [0.717, 1.165) is 22.3 Å². The normalized spacial score (nSPS) is 10.5. The van der Waals surface area contributed by atoms with E-state index in [-0.39, 0.29) is 5.56 Å². The number of aromatic nitrogens is 1. The van der Waals surface area contributed by atoms with E-state index in [1.165, 1.54) is 0 Å². The number of nitrogens with one attached hydrogen (secondary N) is 2. The molecule has 2 aromatic carbocycles. The second kappa shape index (κ2) is 7.17. The molecular weight excluding hydrogens is 320 g/mol. The standard InChI is InChI=1S/C19H20N2O4/c1-23-14-4-6-16-12(9-14)8-13(19(22)21-16)11-20-17-7-5-15(24-2)10-18(17)25-3/h4-10,20H,11H2,1-3H3,(H,21,22). The van der Waals surface area contributed by atoms with Crippen LogP contribution in [0.15, 0.2) is 47.3 Å². The molecule has 0 fully saturated rings. The molecule has 0 aliphatic rings. The molecule has 130 valence electrons. The minimum atomic E-state index is -0.127. The molecule has 25 heavy (non-hydrogen) atoms. The molecule has 2 N–H and O–H groups in total. The summed E-state index contributed by atoms with van der Waals surface area (Å²) in [5.41, 5.74) is 2.06. The molecule has 0 amide bonds. The minimum absolute atomic E-state index is 0.127. The van der Waals surface area contributed by atoms with Gasteiger partial charge in [0.15, 0.2) is 0 Å². The quantitative estimate of drug-likeness (QED) is 0.721. The third kappa shape index (κ3) is 3.52. The number of H-pyrrole nitrogens is 1. The number of anilines is 1. The molecule has 3 rings (SSSR count). The zero-order valence-corrected chi connectivity index (χ0v) is 14.4. The van der Waals surface area contributed by atoms with E-state index in [0.29, 0.717) is 23.6 Å². The topological polar surface area (TPSA) is 72.6 Å². The van der Waals surface area contributed by atoms with E-state index in [9.17, 15) is 4.79 Å². The lowest BCUT2D eigenvalue weighted by Gasteiger charge is -2.12. The second-order valence-electron chi connectivity index (χ2n) is 5.50. The molecule has 1 aromatic heterocycles. The van der Waals surface area contributed by atoms with Crippen LogP contribution < -0.4 is 25.1 Å². The Balaban J connectivity index is 1.88. The average Bonchev–Trinajstić information content (AvgIpc) is 2.65. The van der Waals surface area contributed by atoms with Crippen LogP contribution in [-0.4, -0.2) is 26.3 Å². The largest absolute Gasteiger partial charge is 0.497 e. The van der Waals surface area contributed by atoms with Gasteiger partial charge in [0, 0.05) is 29.1 Å². The number of ether oxygens (including phenoxy) is 3. The summed E-state index contributed by atoms with van der Waals surface area (Å²) < 4.78 is 15.8. The number of rotatable bonds is 6. The molecule has 0 atom stereocenters. The van der Waals surface area contributed by atoms with E-state index < -0.39 is 0 Å². The lowest BCUT2D eigenvalue weighted by atomic mass is 10.1. The molecular formula is C19H20N2O4. The van der Waals surface area contributed by atoms with Gasteiger partial charge in [-0.05, 0) is 36.4 Å². The molecule has 0 spiro atoms. The van der Waals surface area contributed by atoms with Crippen LogP contribution in [0.5, 0.6) is 17.2 Å². The van der Waals surface area contributed by atoms with E-state index >= 15 is 0 Å². The molecule has 0 unspecified atom stereocenters. The van der Waals surface area contributed by atoms with E-state index in [4.69, 9.17) is 14.2 Å². The summed E-state index contributed by atoms with van der Waals surface area (Å²) in [5, 5.41) is 4.15. The number of pyridine rings is 1. The molecule has 0 saturated carbocycles. The molecule has 0 aliphatic carbocycles. The van der Waals surface area contributed by atoms with E-state index in [2.05, 4.69) is 10.3 Å². The highest BCUT2D eigenvalue weighted by Gasteiger charge is 2.08. The summed E-state index contributed by atoms with van der Waals surface area (Å²) >= 11 is 0. The van der Waals surface area contributed by atoms with Crippen LogP contribution in [0.3, 0.4) is 0 Å². The Morgan fingerprint density at radius 3 is 2.36 bits per heavy atom. The summed E-state index contributed by atoms with van der Waals surface area (Å²) in [6.07, 6.45) is 0. The van der Waals surface area contributed by atoms with Gasteiger partial charge in [-0.3, -0.25) is 4.79 Å². The van der Waals surface area contributed by atoms with Crippen molar-refractivity contribution in [3.8, 4) is 17.2 Å². The van der Waals surface area contributed by atoms with Gasteiger partial charge >= 0.3 is 0 Å². The molecule has 0 saturated heterocycles. The van der Waals surface area contributed by atoms with Gasteiger partial charge in [-0.1, -0.05) is 0 Å². The fourth-order valence-corrected chi connectivity index (χ4v) is 2.62. The molecule has 6 heteroatoms. The summed E-state index contributed by atoms with van der Waals surface area (Å²) in [6.45, 7) is 0.366. The lowest BCUT2D eigenvalue weighted by molar-refractivity contribution is 0.395. The number of benzene rings is 2. The van der Waals surface area contributed by atoms with Gasteiger partial charge in [0.25, 0.3) is 5.56 Å². The summed E-state index contributed by atoms with van der Waals surface area (Å²) in [4.78, 5) is 15.2. The Morgan fingerprint density at radius 2 is 1.64 bits per heavy atom. The maximum absolute atomic E-state index is 12.3. The maximum Gasteiger partial charge on any atom is 0.253 e. The molecule has 0 radical (unpaired) electrons. The number of hydrogen-bond donors (Lipinski definition) is 2. The highest BCUT2D eigenvalue weighted by atomic mass is 16.5. The SMILES string of the molecule is COc1ccc(NCc2cc3cc(OC)ccc3[nH]c2=O)c(OC)c1. The predicted molar refractivity (Wildman–Crippen MR) is 98.0 cm³/mol. The fraction of sp³-hybridized carbons (Fsp3) is 0.211. The minimum Gasteiger partial charge on any atom is -0.497 e. The van der Waals surface area contributed by atoms with Crippen molar-refractivity contribution in [3.63, 3.8) is 0 Å². The smallest absolute Gasteiger partial charge is 0.253 e. The first-order valence-corrected chi connectivity index (χ1v) is 7.80. The van der Waals surface area contributed by atoms with Crippen LogP contribution in [0.25, 0.3) is 10.9 Å². The number of hydrogen-bond acceptors (Lipinski definition) is 5. The zero-order valence-electron chi connectivity index (χ0n) is 14.4. The van der Waals surface area contributed by atoms with Crippen LogP contribution >= 0.6 is 0 Å². The van der Waals surface area contributed by atoms with E-state index in [1.807, 2.05) is 36.4 Å². The van der Waals surface area contributed by atoms with Crippen LogP contribution in [-0.2, 0) is 6.54 Å². The van der Waals surface area contributed by atoms with Crippen molar-refractivity contribution in [1.29, 1.82) is 0 Å². The van der Waals surface area contributed by atoms with Crippen molar-refractivity contribution < 1.29 is 14.2 Å². The molecule has 0 bridgehead atoms. The average molecular weight is 340 g/mol. The Bertz CT molecular complexity index is 950. The van der Waals surface area contributed by atoms with Crippen LogP contribution in [0.1, 0.15) is 5.56 Å². The number of fused-ring (bicyclic) bond motifs is 1. The Labute approximate surface area is 145 Å². The number of aromatic amines is 1.